The zero-order valence-corrected chi connectivity index (χ0v) is 16.7. The Kier molecular flexibility index (Phi) is 5.99. The van der Waals surface area contributed by atoms with Gasteiger partial charge in [-0.25, -0.2) is 4.98 Å². The number of nitrogens with one attached hydrogen (secondary N) is 2. The maximum Gasteiger partial charge on any atom is 0.434 e. The summed E-state index contributed by atoms with van der Waals surface area (Å²) in [5.74, 6) is 0.216. The Morgan fingerprint density at radius 2 is 1.61 bits per heavy atom. The van der Waals surface area contributed by atoms with Gasteiger partial charge in [-0.1, -0.05) is 12.8 Å². The first-order valence-corrected chi connectivity index (χ1v) is 9.78. The van der Waals surface area contributed by atoms with Crippen molar-refractivity contribution in [3.05, 3.63) is 42.1 Å². The normalized spacial score (nSPS) is 14.2. The predicted octanol–water partition coefficient (Wildman–Crippen LogP) is 4.72. The average molecular weight is 470 g/mol. The van der Waals surface area contributed by atoms with Gasteiger partial charge in [0.1, 0.15) is 11.4 Å². The highest BCUT2D eigenvalue weighted by Gasteiger charge is 2.34. The highest BCUT2D eigenvalue weighted by Crippen LogP contribution is 2.32. The summed E-state index contributed by atoms with van der Waals surface area (Å²) < 4.78 is 78.0. The van der Waals surface area contributed by atoms with Crippen molar-refractivity contribution in [2.24, 2.45) is 5.92 Å². The van der Waals surface area contributed by atoms with E-state index in [1.165, 1.54) is 6.07 Å². The number of hydrogen-bond acceptors (Lipinski definition) is 8. The lowest BCUT2D eigenvalue weighted by molar-refractivity contribution is -0.142. The molecule has 8 nitrogen and oxygen atoms in total. The third-order valence-electron chi connectivity index (χ3n) is 4.63. The van der Waals surface area contributed by atoms with Crippen LogP contribution in [0, 0.1) is 5.92 Å². The third kappa shape index (κ3) is 6.02. The predicted molar refractivity (Wildman–Crippen MR) is 104 cm³/mol. The van der Waals surface area contributed by atoms with Gasteiger partial charge in [-0.3, -0.25) is 9.97 Å². The van der Waals surface area contributed by atoms with Crippen molar-refractivity contribution >= 4 is 17.6 Å². The minimum atomic E-state index is -4.73. The van der Waals surface area contributed by atoms with Gasteiger partial charge in [0.25, 0.3) is 0 Å². The van der Waals surface area contributed by atoms with E-state index in [1.807, 2.05) is 0 Å². The standard InChI is InChI=1S/C19H16F6N8/c20-18(21,22)13-7-11(4-6-27-13)29-17-32-15(12-8-26-9-14(30-12)19(23,24)25)31-16(33-17)28-5-3-10-1-2-10/h4,6-10H,1-3,5H2,(H2,27,28,29,31,32,33). The summed E-state index contributed by atoms with van der Waals surface area (Å²) in [4.78, 5) is 22.6. The summed E-state index contributed by atoms with van der Waals surface area (Å²) in [7, 11) is 0. The van der Waals surface area contributed by atoms with Crippen molar-refractivity contribution in [2.75, 3.05) is 17.2 Å². The molecule has 14 heteroatoms. The van der Waals surface area contributed by atoms with Crippen LogP contribution < -0.4 is 10.6 Å². The topological polar surface area (TPSA) is 101 Å². The van der Waals surface area contributed by atoms with Crippen LogP contribution in [0.5, 0.6) is 0 Å². The second kappa shape index (κ2) is 8.75. The van der Waals surface area contributed by atoms with Gasteiger partial charge in [-0.2, -0.15) is 41.3 Å². The number of halogens is 6. The Balaban J connectivity index is 1.66. The average Bonchev–Trinajstić information content (AvgIpc) is 3.57. The second-order valence-electron chi connectivity index (χ2n) is 7.30. The van der Waals surface area contributed by atoms with Crippen LogP contribution in [0.2, 0.25) is 0 Å². The van der Waals surface area contributed by atoms with E-state index in [4.69, 9.17) is 0 Å². The molecule has 3 aromatic heterocycles. The van der Waals surface area contributed by atoms with Gasteiger partial charge in [-0.15, -0.1) is 0 Å². The number of anilines is 3. The molecule has 1 aliphatic rings. The van der Waals surface area contributed by atoms with Crippen LogP contribution in [-0.2, 0) is 12.4 Å². The van der Waals surface area contributed by atoms with Gasteiger partial charge in [0.2, 0.25) is 11.9 Å². The van der Waals surface area contributed by atoms with Crippen molar-refractivity contribution in [3.63, 3.8) is 0 Å². The molecule has 4 rings (SSSR count). The fraction of sp³-hybridized carbons (Fsp3) is 0.368. The Morgan fingerprint density at radius 3 is 2.30 bits per heavy atom. The van der Waals surface area contributed by atoms with Crippen molar-refractivity contribution in [1.29, 1.82) is 0 Å². The first-order valence-electron chi connectivity index (χ1n) is 9.78. The number of pyridine rings is 1. The molecule has 3 heterocycles. The Bertz CT molecular complexity index is 1130. The van der Waals surface area contributed by atoms with Crippen molar-refractivity contribution < 1.29 is 26.3 Å². The van der Waals surface area contributed by atoms with E-state index in [-0.39, 0.29) is 29.1 Å². The number of rotatable bonds is 7. The molecule has 0 radical (unpaired) electrons. The molecule has 0 aromatic carbocycles. The van der Waals surface area contributed by atoms with Crippen LogP contribution in [0.15, 0.2) is 30.7 Å². The second-order valence-corrected chi connectivity index (χ2v) is 7.30. The summed E-state index contributed by atoms with van der Waals surface area (Å²) in [5.41, 5.74) is -2.66. The molecular formula is C19H16F6N8. The minimum absolute atomic E-state index is 0.0199. The zero-order chi connectivity index (χ0) is 23.6. The van der Waals surface area contributed by atoms with Crippen LogP contribution in [0.25, 0.3) is 11.5 Å². The van der Waals surface area contributed by atoms with Crippen LogP contribution in [-0.4, -0.2) is 36.4 Å². The summed E-state index contributed by atoms with van der Waals surface area (Å²) >= 11 is 0. The van der Waals surface area contributed by atoms with Crippen molar-refractivity contribution in [2.45, 2.75) is 31.6 Å². The molecular weight excluding hydrogens is 454 g/mol. The first kappa shape index (κ1) is 22.6. The van der Waals surface area contributed by atoms with Crippen molar-refractivity contribution in [1.82, 2.24) is 29.9 Å². The molecule has 1 saturated carbocycles. The lowest BCUT2D eigenvalue weighted by Gasteiger charge is -2.12. The van der Waals surface area contributed by atoms with Gasteiger partial charge in [0.15, 0.2) is 11.5 Å². The van der Waals surface area contributed by atoms with Crippen LogP contribution in [0.1, 0.15) is 30.7 Å². The molecule has 0 saturated heterocycles. The van der Waals surface area contributed by atoms with Crippen LogP contribution in [0.3, 0.4) is 0 Å². The molecule has 0 unspecified atom stereocenters. The van der Waals surface area contributed by atoms with E-state index in [1.54, 1.807) is 0 Å². The number of nitrogens with zero attached hydrogens (tertiary/aromatic N) is 6. The zero-order valence-electron chi connectivity index (χ0n) is 16.7. The lowest BCUT2D eigenvalue weighted by Crippen LogP contribution is -2.12. The van der Waals surface area contributed by atoms with Crippen LogP contribution >= 0.6 is 0 Å². The van der Waals surface area contributed by atoms with E-state index >= 15 is 0 Å². The monoisotopic (exact) mass is 470 g/mol. The number of hydrogen-bond donors (Lipinski definition) is 2. The fourth-order valence-electron chi connectivity index (χ4n) is 2.82. The van der Waals surface area contributed by atoms with Crippen molar-refractivity contribution in [3.8, 4) is 11.5 Å². The fourth-order valence-corrected chi connectivity index (χ4v) is 2.82. The minimum Gasteiger partial charge on any atom is -0.354 e. The van der Waals surface area contributed by atoms with Gasteiger partial charge in [0.05, 0.1) is 12.4 Å². The highest BCUT2D eigenvalue weighted by atomic mass is 19.4. The molecule has 1 fully saturated rings. The lowest BCUT2D eigenvalue weighted by atomic mass is 10.3. The van der Waals surface area contributed by atoms with Gasteiger partial charge < -0.3 is 10.6 Å². The largest absolute Gasteiger partial charge is 0.434 e. The van der Waals surface area contributed by atoms with Gasteiger partial charge >= 0.3 is 12.4 Å². The van der Waals surface area contributed by atoms with Gasteiger partial charge in [-0.05, 0) is 24.5 Å². The van der Waals surface area contributed by atoms with E-state index < -0.39 is 23.7 Å². The van der Waals surface area contributed by atoms with Crippen LogP contribution in [0.4, 0.5) is 43.9 Å². The Hall–Kier alpha value is -3.58. The number of aromatic nitrogens is 6. The smallest absolute Gasteiger partial charge is 0.354 e. The van der Waals surface area contributed by atoms with E-state index in [2.05, 4.69) is 40.5 Å². The molecule has 0 spiro atoms. The maximum absolute atomic E-state index is 13.0. The maximum atomic E-state index is 13.0. The molecule has 0 amide bonds. The van der Waals surface area contributed by atoms with E-state index in [0.717, 1.165) is 37.7 Å². The highest BCUT2D eigenvalue weighted by molar-refractivity contribution is 5.58. The molecule has 0 bridgehead atoms. The molecule has 3 aromatic rings. The molecule has 174 valence electrons. The first-order chi connectivity index (χ1) is 15.6. The summed E-state index contributed by atoms with van der Waals surface area (Å²) in [6.07, 6.45) is -3.71. The van der Waals surface area contributed by atoms with E-state index in [9.17, 15) is 26.3 Å². The number of alkyl halides is 6. The third-order valence-corrected chi connectivity index (χ3v) is 4.63. The quantitative estimate of drug-likeness (QED) is 0.479. The summed E-state index contributed by atoms with van der Waals surface area (Å²) in [6, 6.07) is 2.02. The SMILES string of the molecule is FC(F)(F)c1cc(Nc2nc(NCCC3CC3)nc(-c3cncc(C(F)(F)F)n3)n2)ccn1. The van der Waals surface area contributed by atoms with E-state index in [0.29, 0.717) is 18.7 Å². The Morgan fingerprint density at radius 1 is 0.879 bits per heavy atom. The molecule has 0 aliphatic heterocycles. The molecule has 2 N–H and O–H groups in total. The Labute approximate surface area is 183 Å². The van der Waals surface area contributed by atoms with Gasteiger partial charge in [0, 0.05) is 18.4 Å². The summed E-state index contributed by atoms with van der Waals surface area (Å²) in [5, 5.41) is 5.58. The summed E-state index contributed by atoms with van der Waals surface area (Å²) in [6.45, 7) is 0.509. The molecule has 0 atom stereocenters. The molecule has 1 aliphatic carbocycles. The molecule has 33 heavy (non-hydrogen) atoms.